The highest BCUT2D eigenvalue weighted by Gasteiger charge is 2.15. The number of ether oxygens (including phenoxy) is 1. The van der Waals surface area contributed by atoms with Crippen LogP contribution in [0.4, 0.5) is 10.2 Å². The van der Waals surface area contributed by atoms with Gasteiger partial charge in [-0.2, -0.15) is 0 Å². The molecular formula is C13H14ClFN4O. The molecule has 0 atom stereocenters. The van der Waals surface area contributed by atoms with E-state index < -0.39 is 5.82 Å². The van der Waals surface area contributed by atoms with Gasteiger partial charge in [0.25, 0.3) is 0 Å². The molecule has 0 saturated carbocycles. The Balaban J connectivity index is 2.40. The van der Waals surface area contributed by atoms with Crippen molar-refractivity contribution >= 4 is 17.4 Å². The zero-order valence-corrected chi connectivity index (χ0v) is 11.6. The van der Waals surface area contributed by atoms with Crippen LogP contribution in [-0.4, -0.2) is 9.97 Å². The summed E-state index contributed by atoms with van der Waals surface area (Å²) < 4.78 is 19.4. The second kappa shape index (κ2) is 6.49. The standard InChI is InChI=1S/C13H14ClFN4O/c1-2-4-8-12(19-16)17-7-18-13(8)20-10-6-3-5-9(14)11(10)15/h3,5-7H,2,4,16H2,1H3,(H,17,18,19). The minimum atomic E-state index is -0.627. The fourth-order valence-corrected chi connectivity index (χ4v) is 1.92. The zero-order chi connectivity index (χ0) is 14.5. The lowest BCUT2D eigenvalue weighted by molar-refractivity contribution is 0.421. The van der Waals surface area contributed by atoms with Gasteiger partial charge in [-0.25, -0.2) is 20.2 Å². The van der Waals surface area contributed by atoms with Crippen LogP contribution in [0.25, 0.3) is 0 Å². The highest BCUT2D eigenvalue weighted by atomic mass is 35.5. The minimum Gasteiger partial charge on any atom is -0.435 e. The average molecular weight is 297 g/mol. The van der Waals surface area contributed by atoms with E-state index in [9.17, 15) is 4.39 Å². The molecular weight excluding hydrogens is 283 g/mol. The Morgan fingerprint density at radius 1 is 1.40 bits per heavy atom. The average Bonchev–Trinajstić information content (AvgIpc) is 2.46. The third kappa shape index (κ3) is 2.97. The molecule has 0 radical (unpaired) electrons. The molecule has 0 bridgehead atoms. The van der Waals surface area contributed by atoms with E-state index in [1.165, 1.54) is 18.5 Å². The molecule has 0 aliphatic rings. The van der Waals surface area contributed by atoms with E-state index in [-0.39, 0.29) is 16.7 Å². The number of halogens is 2. The van der Waals surface area contributed by atoms with Gasteiger partial charge in [-0.15, -0.1) is 0 Å². The molecule has 1 aromatic heterocycles. The number of hydrogen-bond acceptors (Lipinski definition) is 5. The van der Waals surface area contributed by atoms with Crippen LogP contribution in [-0.2, 0) is 6.42 Å². The first-order valence-corrected chi connectivity index (χ1v) is 6.47. The number of nitrogens with zero attached hydrogens (tertiary/aromatic N) is 2. The highest BCUT2D eigenvalue weighted by Crippen LogP contribution is 2.31. The van der Waals surface area contributed by atoms with Crippen LogP contribution in [0, 0.1) is 5.82 Å². The molecule has 2 aromatic rings. The fourth-order valence-electron chi connectivity index (χ4n) is 1.75. The van der Waals surface area contributed by atoms with Crippen LogP contribution in [0.3, 0.4) is 0 Å². The van der Waals surface area contributed by atoms with E-state index in [4.69, 9.17) is 22.2 Å². The summed E-state index contributed by atoms with van der Waals surface area (Å²) in [7, 11) is 0. The molecule has 2 rings (SSSR count). The van der Waals surface area contributed by atoms with Gasteiger partial charge >= 0.3 is 0 Å². The number of aromatic nitrogens is 2. The largest absolute Gasteiger partial charge is 0.435 e. The Labute approximate surface area is 120 Å². The second-order valence-electron chi connectivity index (χ2n) is 4.05. The zero-order valence-electron chi connectivity index (χ0n) is 10.9. The van der Waals surface area contributed by atoms with Crippen LogP contribution < -0.4 is 16.0 Å². The molecule has 5 nitrogen and oxygen atoms in total. The number of benzene rings is 1. The first-order valence-electron chi connectivity index (χ1n) is 6.09. The third-order valence-electron chi connectivity index (χ3n) is 2.67. The number of anilines is 1. The lowest BCUT2D eigenvalue weighted by atomic mass is 10.2. The topological polar surface area (TPSA) is 73.1 Å². The SMILES string of the molecule is CCCc1c(NN)ncnc1Oc1cccc(Cl)c1F. The Hall–Kier alpha value is -1.92. The molecule has 0 aliphatic heterocycles. The van der Waals surface area contributed by atoms with Crippen LogP contribution in [0.1, 0.15) is 18.9 Å². The van der Waals surface area contributed by atoms with Gasteiger partial charge in [-0.05, 0) is 18.6 Å². The molecule has 0 saturated heterocycles. The molecule has 106 valence electrons. The van der Waals surface area contributed by atoms with E-state index in [0.29, 0.717) is 17.8 Å². The van der Waals surface area contributed by atoms with E-state index in [1.54, 1.807) is 6.07 Å². The van der Waals surface area contributed by atoms with Gasteiger partial charge in [-0.1, -0.05) is 31.0 Å². The number of nitrogens with one attached hydrogen (secondary N) is 1. The maximum absolute atomic E-state index is 13.8. The van der Waals surface area contributed by atoms with Crippen molar-refractivity contribution in [2.24, 2.45) is 5.84 Å². The van der Waals surface area contributed by atoms with Crippen LogP contribution >= 0.6 is 11.6 Å². The number of nitrogens with two attached hydrogens (primary N) is 1. The summed E-state index contributed by atoms with van der Waals surface area (Å²) in [6.07, 6.45) is 2.79. The normalized spacial score (nSPS) is 10.4. The number of hydrogen-bond donors (Lipinski definition) is 2. The number of nitrogen functional groups attached to an aromatic ring is 1. The molecule has 7 heteroatoms. The fraction of sp³-hybridized carbons (Fsp3) is 0.231. The Kier molecular flexibility index (Phi) is 4.70. The summed E-state index contributed by atoms with van der Waals surface area (Å²) in [5, 5.41) is -0.00855. The van der Waals surface area contributed by atoms with Crippen molar-refractivity contribution < 1.29 is 9.13 Å². The molecule has 0 unspecified atom stereocenters. The van der Waals surface area contributed by atoms with Crippen molar-refractivity contribution in [1.82, 2.24) is 9.97 Å². The van der Waals surface area contributed by atoms with Crippen LogP contribution in [0.2, 0.25) is 5.02 Å². The Morgan fingerprint density at radius 2 is 2.20 bits per heavy atom. The predicted molar refractivity (Wildman–Crippen MR) is 75.3 cm³/mol. The van der Waals surface area contributed by atoms with Crippen LogP contribution in [0.5, 0.6) is 11.6 Å². The van der Waals surface area contributed by atoms with E-state index >= 15 is 0 Å². The van der Waals surface area contributed by atoms with Crippen molar-refractivity contribution in [3.05, 3.63) is 40.9 Å². The highest BCUT2D eigenvalue weighted by molar-refractivity contribution is 6.30. The molecule has 0 spiro atoms. The van der Waals surface area contributed by atoms with Gasteiger partial charge in [-0.3, -0.25) is 0 Å². The van der Waals surface area contributed by atoms with Crippen molar-refractivity contribution in [2.75, 3.05) is 5.43 Å². The summed E-state index contributed by atoms with van der Waals surface area (Å²) in [6, 6.07) is 4.53. The summed E-state index contributed by atoms with van der Waals surface area (Å²) in [5.74, 6) is 5.51. The van der Waals surface area contributed by atoms with Gasteiger partial charge in [0.05, 0.1) is 10.6 Å². The van der Waals surface area contributed by atoms with Gasteiger partial charge < -0.3 is 10.2 Å². The smallest absolute Gasteiger partial charge is 0.227 e. The van der Waals surface area contributed by atoms with Gasteiger partial charge in [0.2, 0.25) is 5.88 Å². The summed E-state index contributed by atoms with van der Waals surface area (Å²) in [4.78, 5) is 8.04. The van der Waals surface area contributed by atoms with E-state index in [2.05, 4.69) is 15.4 Å². The van der Waals surface area contributed by atoms with Gasteiger partial charge in [0.1, 0.15) is 12.1 Å². The van der Waals surface area contributed by atoms with Gasteiger partial charge in [0, 0.05) is 0 Å². The van der Waals surface area contributed by atoms with Crippen molar-refractivity contribution in [2.45, 2.75) is 19.8 Å². The van der Waals surface area contributed by atoms with Gasteiger partial charge in [0.15, 0.2) is 11.6 Å². The summed E-state index contributed by atoms with van der Waals surface area (Å²) in [5.41, 5.74) is 3.17. The second-order valence-corrected chi connectivity index (χ2v) is 4.46. The molecule has 1 aromatic carbocycles. The maximum Gasteiger partial charge on any atom is 0.227 e. The monoisotopic (exact) mass is 296 g/mol. The first kappa shape index (κ1) is 14.5. The molecule has 3 N–H and O–H groups in total. The molecule has 1 heterocycles. The molecule has 0 amide bonds. The third-order valence-corrected chi connectivity index (χ3v) is 2.96. The lowest BCUT2D eigenvalue weighted by Gasteiger charge is -2.13. The lowest BCUT2D eigenvalue weighted by Crippen LogP contribution is -2.12. The minimum absolute atomic E-state index is 0.00855. The quantitative estimate of drug-likeness (QED) is 0.654. The Bertz CT molecular complexity index is 609. The maximum atomic E-state index is 13.8. The molecule has 0 fully saturated rings. The Morgan fingerprint density at radius 3 is 2.90 bits per heavy atom. The molecule has 20 heavy (non-hydrogen) atoms. The number of hydrazine groups is 1. The predicted octanol–water partition coefficient (Wildman–Crippen LogP) is 3.30. The van der Waals surface area contributed by atoms with Crippen LogP contribution in [0.15, 0.2) is 24.5 Å². The summed E-state index contributed by atoms with van der Waals surface area (Å²) >= 11 is 5.72. The number of rotatable bonds is 5. The first-order chi connectivity index (χ1) is 9.67. The van der Waals surface area contributed by atoms with Crippen molar-refractivity contribution in [3.63, 3.8) is 0 Å². The molecule has 0 aliphatic carbocycles. The van der Waals surface area contributed by atoms with Crippen molar-refractivity contribution in [3.8, 4) is 11.6 Å². The van der Waals surface area contributed by atoms with E-state index in [0.717, 1.165) is 6.42 Å². The van der Waals surface area contributed by atoms with E-state index in [1.807, 2.05) is 6.92 Å². The summed E-state index contributed by atoms with van der Waals surface area (Å²) in [6.45, 7) is 2.00. The van der Waals surface area contributed by atoms with Crippen molar-refractivity contribution in [1.29, 1.82) is 0 Å².